The summed E-state index contributed by atoms with van der Waals surface area (Å²) in [6, 6.07) is 5.81. The van der Waals surface area contributed by atoms with Gasteiger partial charge in [0.25, 0.3) is 0 Å². The van der Waals surface area contributed by atoms with E-state index in [0.29, 0.717) is 12.0 Å². The van der Waals surface area contributed by atoms with E-state index in [1.807, 2.05) is 32.0 Å². The molecule has 1 saturated carbocycles. The molecule has 7 heteroatoms. The SMILES string of the molecule is CCNC(=NCC1(CCOCC)CC1)Nc1ccc(OC)c(OCC)c1.I. The lowest BCUT2D eigenvalue weighted by atomic mass is 10.0. The molecular weight excluding hydrogens is 457 g/mol. The van der Waals surface area contributed by atoms with Gasteiger partial charge in [-0.2, -0.15) is 0 Å². The van der Waals surface area contributed by atoms with E-state index < -0.39 is 0 Å². The van der Waals surface area contributed by atoms with Crippen LogP contribution in [0.2, 0.25) is 0 Å². The highest BCUT2D eigenvalue weighted by Crippen LogP contribution is 2.49. The van der Waals surface area contributed by atoms with Crippen LogP contribution in [0.25, 0.3) is 0 Å². The molecule has 1 aromatic rings. The van der Waals surface area contributed by atoms with Crippen molar-refractivity contribution >= 4 is 35.6 Å². The lowest BCUT2D eigenvalue weighted by molar-refractivity contribution is 0.129. The second-order valence-corrected chi connectivity index (χ2v) is 6.57. The van der Waals surface area contributed by atoms with E-state index in [4.69, 9.17) is 19.2 Å². The third kappa shape index (κ3) is 7.73. The van der Waals surface area contributed by atoms with Gasteiger partial charge in [0.1, 0.15) is 0 Å². The van der Waals surface area contributed by atoms with E-state index in [-0.39, 0.29) is 24.0 Å². The maximum Gasteiger partial charge on any atom is 0.195 e. The summed E-state index contributed by atoms with van der Waals surface area (Å²) in [7, 11) is 1.65. The van der Waals surface area contributed by atoms with E-state index in [0.717, 1.165) is 55.9 Å². The van der Waals surface area contributed by atoms with Gasteiger partial charge in [0.15, 0.2) is 17.5 Å². The zero-order chi connectivity index (χ0) is 18.8. The summed E-state index contributed by atoms with van der Waals surface area (Å²) in [5.74, 6) is 2.25. The molecule has 154 valence electrons. The van der Waals surface area contributed by atoms with Crippen LogP contribution in [0.3, 0.4) is 0 Å². The summed E-state index contributed by atoms with van der Waals surface area (Å²) in [4.78, 5) is 4.81. The predicted molar refractivity (Wildman–Crippen MR) is 122 cm³/mol. The summed E-state index contributed by atoms with van der Waals surface area (Å²) in [5.41, 5.74) is 1.25. The number of hydrogen-bond donors (Lipinski definition) is 2. The Morgan fingerprint density at radius 2 is 1.93 bits per heavy atom. The van der Waals surface area contributed by atoms with E-state index in [1.54, 1.807) is 7.11 Å². The molecule has 0 radical (unpaired) electrons. The molecule has 0 heterocycles. The highest BCUT2D eigenvalue weighted by atomic mass is 127. The Morgan fingerprint density at radius 1 is 1.15 bits per heavy atom. The quantitative estimate of drug-likeness (QED) is 0.209. The molecule has 0 spiro atoms. The normalized spacial score (nSPS) is 14.9. The van der Waals surface area contributed by atoms with Gasteiger partial charge in [-0.1, -0.05) is 0 Å². The Balaban J connectivity index is 0.00000364. The van der Waals surface area contributed by atoms with Gasteiger partial charge in [0.05, 0.1) is 13.7 Å². The first-order chi connectivity index (χ1) is 12.7. The van der Waals surface area contributed by atoms with E-state index in [9.17, 15) is 0 Å². The maximum absolute atomic E-state index is 5.65. The summed E-state index contributed by atoms with van der Waals surface area (Å²) < 4.78 is 16.5. The number of hydrogen-bond acceptors (Lipinski definition) is 4. The molecule has 1 aromatic carbocycles. The molecule has 2 rings (SSSR count). The van der Waals surface area contributed by atoms with E-state index >= 15 is 0 Å². The Labute approximate surface area is 180 Å². The summed E-state index contributed by atoms with van der Waals surface area (Å²) in [6.07, 6.45) is 3.56. The van der Waals surface area contributed by atoms with Gasteiger partial charge < -0.3 is 24.8 Å². The molecule has 0 aliphatic heterocycles. The minimum atomic E-state index is 0. The molecule has 0 unspecified atom stereocenters. The molecule has 2 N–H and O–H groups in total. The second-order valence-electron chi connectivity index (χ2n) is 6.57. The van der Waals surface area contributed by atoms with Crippen LogP contribution in [-0.4, -0.2) is 46.0 Å². The molecule has 1 aliphatic carbocycles. The lowest BCUT2D eigenvalue weighted by Crippen LogP contribution is -2.31. The molecular formula is C20H34IN3O3. The third-order valence-corrected chi connectivity index (χ3v) is 4.58. The van der Waals surface area contributed by atoms with Crippen molar-refractivity contribution in [1.29, 1.82) is 0 Å². The van der Waals surface area contributed by atoms with Gasteiger partial charge >= 0.3 is 0 Å². The average molecular weight is 491 g/mol. The van der Waals surface area contributed by atoms with Crippen molar-refractivity contribution in [2.45, 2.75) is 40.0 Å². The standard InChI is InChI=1S/C20H33N3O3.HI/c1-5-21-19(22-15-20(10-11-20)12-13-25-6-2)23-16-8-9-17(24-4)18(14-16)26-7-3;/h8-9,14H,5-7,10-13,15H2,1-4H3,(H2,21,22,23);1H. The minimum absolute atomic E-state index is 0. The van der Waals surface area contributed by atoms with Crippen LogP contribution in [0, 0.1) is 5.41 Å². The van der Waals surface area contributed by atoms with Crippen LogP contribution >= 0.6 is 24.0 Å². The number of ether oxygens (including phenoxy) is 3. The highest BCUT2D eigenvalue weighted by molar-refractivity contribution is 14.0. The predicted octanol–water partition coefficient (Wildman–Crippen LogP) is 4.30. The molecule has 1 fully saturated rings. The fourth-order valence-electron chi connectivity index (χ4n) is 2.81. The van der Waals surface area contributed by atoms with Gasteiger partial charge in [-0.15, -0.1) is 24.0 Å². The van der Waals surface area contributed by atoms with Crippen LogP contribution in [0.4, 0.5) is 5.69 Å². The number of aliphatic imine (C=N–C) groups is 1. The highest BCUT2D eigenvalue weighted by Gasteiger charge is 2.41. The molecule has 0 atom stereocenters. The van der Waals surface area contributed by atoms with E-state index in [2.05, 4.69) is 17.6 Å². The zero-order valence-electron chi connectivity index (χ0n) is 17.0. The number of anilines is 1. The van der Waals surface area contributed by atoms with Crippen molar-refractivity contribution in [2.24, 2.45) is 10.4 Å². The monoisotopic (exact) mass is 491 g/mol. The fourth-order valence-corrected chi connectivity index (χ4v) is 2.81. The molecule has 0 amide bonds. The molecule has 0 bridgehead atoms. The number of halogens is 1. The third-order valence-electron chi connectivity index (χ3n) is 4.58. The Morgan fingerprint density at radius 3 is 2.52 bits per heavy atom. The first-order valence-electron chi connectivity index (χ1n) is 9.60. The van der Waals surface area contributed by atoms with Crippen LogP contribution in [0.5, 0.6) is 11.5 Å². The largest absolute Gasteiger partial charge is 0.493 e. The van der Waals surface area contributed by atoms with Crippen LogP contribution in [0.15, 0.2) is 23.2 Å². The number of benzene rings is 1. The van der Waals surface area contributed by atoms with Gasteiger partial charge in [0.2, 0.25) is 0 Å². The molecule has 0 aromatic heterocycles. The van der Waals surface area contributed by atoms with Crippen molar-refractivity contribution in [2.75, 3.05) is 45.3 Å². The number of nitrogens with zero attached hydrogens (tertiary/aromatic N) is 1. The zero-order valence-corrected chi connectivity index (χ0v) is 19.3. The number of rotatable bonds is 11. The van der Waals surface area contributed by atoms with Gasteiger partial charge in [-0.05, 0) is 57.6 Å². The van der Waals surface area contributed by atoms with Crippen LogP contribution in [0.1, 0.15) is 40.0 Å². The summed E-state index contributed by atoms with van der Waals surface area (Å²) >= 11 is 0. The van der Waals surface area contributed by atoms with E-state index in [1.165, 1.54) is 12.8 Å². The maximum atomic E-state index is 5.65. The van der Waals surface area contributed by atoms with Crippen LogP contribution in [-0.2, 0) is 4.74 Å². The van der Waals surface area contributed by atoms with Gasteiger partial charge in [-0.25, -0.2) is 0 Å². The van der Waals surface area contributed by atoms with Gasteiger partial charge in [0, 0.05) is 38.1 Å². The van der Waals surface area contributed by atoms with Crippen molar-refractivity contribution < 1.29 is 14.2 Å². The Hall–Kier alpha value is -1.22. The van der Waals surface area contributed by atoms with Crippen molar-refractivity contribution in [3.05, 3.63) is 18.2 Å². The summed E-state index contributed by atoms with van der Waals surface area (Å²) in [6.45, 7) is 9.90. The molecule has 1 aliphatic rings. The van der Waals surface area contributed by atoms with Crippen LogP contribution < -0.4 is 20.1 Å². The Kier molecular flexibility index (Phi) is 10.8. The number of guanidine groups is 1. The molecule has 27 heavy (non-hydrogen) atoms. The topological polar surface area (TPSA) is 64.1 Å². The Bertz CT molecular complexity index is 592. The summed E-state index contributed by atoms with van der Waals surface area (Å²) in [5, 5.41) is 6.68. The first kappa shape index (κ1) is 23.8. The smallest absolute Gasteiger partial charge is 0.195 e. The van der Waals surface area contributed by atoms with Crippen molar-refractivity contribution in [1.82, 2.24) is 5.32 Å². The molecule has 0 saturated heterocycles. The first-order valence-corrected chi connectivity index (χ1v) is 9.60. The molecule has 6 nitrogen and oxygen atoms in total. The second kappa shape index (κ2) is 12.3. The van der Waals surface area contributed by atoms with Crippen molar-refractivity contribution in [3.63, 3.8) is 0 Å². The minimum Gasteiger partial charge on any atom is -0.493 e. The lowest BCUT2D eigenvalue weighted by Gasteiger charge is -2.16. The average Bonchev–Trinajstić information content (AvgIpc) is 3.41. The van der Waals surface area contributed by atoms with Gasteiger partial charge in [-0.3, -0.25) is 4.99 Å². The van der Waals surface area contributed by atoms with Crippen molar-refractivity contribution in [3.8, 4) is 11.5 Å². The number of nitrogens with one attached hydrogen (secondary N) is 2. The fraction of sp³-hybridized carbons (Fsp3) is 0.650. The number of methoxy groups -OCH3 is 1.